The van der Waals surface area contributed by atoms with Crippen LogP contribution in [0.3, 0.4) is 0 Å². The van der Waals surface area contributed by atoms with Gasteiger partial charge in [0, 0.05) is 37.8 Å². The SMILES string of the molecule is Cc1cc(N2CC3C(CC(=O)O)C3C2)c(C#N)c(N2CCC2C)n1. The molecule has 3 heterocycles. The second-order valence-electron chi connectivity index (χ2n) is 7.42. The molecule has 0 bridgehead atoms. The molecule has 24 heavy (non-hydrogen) atoms. The highest BCUT2D eigenvalue weighted by molar-refractivity contribution is 5.72. The van der Waals surface area contributed by atoms with Crippen molar-refractivity contribution in [2.75, 3.05) is 29.4 Å². The number of piperidine rings is 1. The van der Waals surface area contributed by atoms with E-state index in [9.17, 15) is 10.1 Å². The Balaban J connectivity index is 1.59. The minimum atomic E-state index is -0.701. The molecule has 1 aliphatic carbocycles. The lowest BCUT2D eigenvalue weighted by Crippen LogP contribution is -2.46. The predicted octanol–water partition coefficient (Wildman–Crippen LogP) is 2.02. The summed E-state index contributed by atoms with van der Waals surface area (Å²) in [6.45, 7) is 6.81. The zero-order valence-electron chi connectivity index (χ0n) is 14.1. The monoisotopic (exact) mass is 326 g/mol. The Labute approximate surface area is 141 Å². The highest BCUT2D eigenvalue weighted by atomic mass is 16.4. The molecule has 0 aromatic carbocycles. The van der Waals surface area contributed by atoms with Gasteiger partial charge in [-0.3, -0.25) is 4.79 Å². The van der Waals surface area contributed by atoms with Crippen molar-refractivity contribution in [1.82, 2.24) is 4.98 Å². The molecule has 0 amide bonds. The van der Waals surface area contributed by atoms with Crippen LogP contribution in [0.1, 0.15) is 31.0 Å². The van der Waals surface area contributed by atoms with Gasteiger partial charge in [-0.15, -0.1) is 0 Å². The van der Waals surface area contributed by atoms with E-state index in [0.717, 1.165) is 43.3 Å². The van der Waals surface area contributed by atoms with Crippen LogP contribution in [0.2, 0.25) is 0 Å². The van der Waals surface area contributed by atoms with E-state index < -0.39 is 5.97 Å². The van der Waals surface area contributed by atoms with Gasteiger partial charge in [0.1, 0.15) is 17.5 Å². The van der Waals surface area contributed by atoms with E-state index in [1.165, 1.54) is 0 Å². The van der Waals surface area contributed by atoms with Crippen molar-refractivity contribution in [2.24, 2.45) is 17.8 Å². The molecule has 1 saturated carbocycles. The van der Waals surface area contributed by atoms with Crippen LogP contribution in [0.25, 0.3) is 0 Å². The molecule has 3 fully saturated rings. The minimum absolute atomic E-state index is 0.278. The van der Waals surface area contributed by atoms with E-state index in [1.54, 1.807) is 0 Å². The van der Waals surface area contributed by atoms with Crippen molar-refractivity contribution < 1.29 is 9.90 Å². The fourth-order valence-electron chi connectivity index (χ4n) is 4.39. The summed E-state index contributed by atoms with van der Waals surface area (Å²) >= 11 is 0. The molecule has 3 unspecified atom stereocenters. The summed E-state index contributed by atoms with van der Waals surface area (Å²) in [5.41, 5.74) is 2.57. The molecule has 2 saturated heterocycles. The van der Waals surface area contributed by atoms with Crippen LogP contribution in [0, 0.1) is 36.0 Å². The van der Waals surface area contributed by atoms with Crippen molar-refractivity contribution in [1.29, 1.82) is 5.26 Å². The van der Waals surface area contributed by atoms with E-state index in [2.05, 4.69) is 27.8 Å². The summed E-state index contributed by atoms with van der Waals surface area (Å²) in [5.74, 6) is 1.36. The second kappa shape index (κ2) is 5.37. The van der Waals surface area contributed by atoms with E-state index in [0.29, 0.717) is 29.4 Å². The Morgan fingerprint density at radius 3 is 2.67 bits per heavy atom. The molecule has 1 aromatic heterocycles. The second-order valence-corrected chi connectivity index (χ2v) is 7.42. The molecule has 3 atom stereocenters. The van der Waals surface area contributed by atoms with Crippen molar-refractivity contribution in [3.63, 3.8) is 0 Å². The molecule has 0 radical (unpaired) electrons. The Morgan fingerprint density at radius 2 is 2.17 bits per heavy atom. The Morgan fingerprint density at radius 1 is 1.46 bits per heavy atom. The van der Waals surface area contributed by atoms with Crippen molar-refractivity contribution in [3.8, 4) is 6.07 Å². The van der Waals surface area contributed by atoms with Gasteiger partial charge in [0.2, 0.25) is 0 Å². The maximum atomic E-state index is 10.9. The minimum Gasteiger partial charge on any atom is -0.481 e. The zero-order valence-corrected chi connectivity index (χ0v) is 14.1. The summed E-state index contributed by atoms with van der Waals surface area (Å²) in [6.07, 6.45) is 1.42. The quantitative estimate of drug-likeness (QED) is 0.912. The molecule has 6 nitrogen and oxygen atoms in total. The first-order chi connectivity index (χ1) is 11.5. The summed E-state index contributed by atoms with van der Waals surface area (Å²) < 4.78 is 0. The maximum Gasteiger partial charge on any atom is 0.303 e. The molecule has 0 spiro atoms. The van der Waals surface area contributed by atoms with E-state index >= 15 is 0 Å². The number of carboxylic acid groups (broad SMARTS) is 1. The van der Waals surface area contributed by atoms with Gasteiger partial charge in [0.25, 0.3) is 0 Å². The molecule has 1 N–H and O–H groups in total. The fourth-order valence-corrected chi connectivity index (χ4v) is 4.39. The third kappa shape index (κ3) is 2.31. The number of aliphatic carboxylic acids is 1. The summed E-state index contributed by atoms with van der Waals surface area (Å²) in [6, 6.07) is 4.81. The topological polar surface area (TPSA) is 80.5 Å². The van der Waals surface area contributed by atoms with Gasteiger partial charge < -0.3 is 14.9 Å². The first-order valence-corrected chi connectivity index (χ1v) is 8.64. The highest BCUT2D eigenvalue weighted by Crippen LogP contribution is 2.54. The van der Waals surface area contributed by atoms with Gasteiger partial charge in [0.15, 0.2) is 0 Å². The van der Waals surface area contributed by atoms with Crippen LogP contribution in [0.5, 0.6) is 0 Å². The van der Waals surface area contributed by atoms with Crippen LogP contribution in [0.4, 0.5) is 11.5 Å². The highest BCUT2D eigenvalue weighted by Gasteiger charge is 2.56. The Kier molecular flexibility index (Phi) is 3.41. The molecular weight excluding hydrogens is 304 g/mol. The molecule has 1 aromatic rings. The molecule has 6 heteroatoms. The number of aryl methyl sites for hydroxylation is 1. The lowest BCUT2D eigenvalue weighted by molar-refractivity contribution is -0.137. The first-order valence-electron chi connectivity index (χ1n) is 8.64. The molecular formula is C18H22N4O2. The third-order valence-corrected chi connectivity index (χ3v) is 5.93. The van der Waals surface area contributed by atoms with Crippen molar-refractivity contribution in [2.45, 2.75) is 32.7 Å². The summed E-state index contributed by atoms with van der Waals surface area (Å²) in [4.78, 5) is 20.0. The standard InChI is InChI=1S/C18H22N4O2/c1-10-5-16(13(7-19)18(20-10)22-4-3-11(22)2)21-8-14-12(6-17(23)24)15(14)9-21/h5,11-12,14-15H,3-4,6,8-9H2,1-2H3,(H,23,24). The van der Waals surface area contributed by atoms with Gasteiger partial charge in [-0.05, 0) is 44.1 Å². The number of hydrogen-bond acceptors (Lipinski definition) is 5. The third-order valence-electron chi connectivity index (χ3n) is 5.93. The number of carbonyl (C=O) groups is 1. The van der Waals surface area contributed by atoms with Gasteiger partial charge in [-0.25, -0.2) is 4.98 Å². The number of pyridine rings is 1. The number of anilines is 2. The van der Waals surface area contributed by atoms with Crippen LogP contribution >= 0.6 is 0 Å². The number of fused-ring (bicyclic) bond motifs is 1. The Hall–Kier alpha value is -2.29. The van der Waals surface area contributed by atoms with Crippen molar-refractivity contribution in [3.05, 3.63) is 17.3 Å². The number of aromatic nitrogens is 1. The number of rotatable bonds is 4. The smallest absolute Gasteiger partial charge is 0.303 e. The normalized spacial score (nSPS) is 30.5. The number of hydrogen-bond donors (Lipinski definition) is 1. The van der Waals surface area contributed by atoms with Crippen LogP contribution in [-0.2, 0) is 4.79 Å². The van der Waals surface area contributed by atoms with Gasteiger partial charge in [-0.2, -0.15) is 5.26 Å². The zero-order chi connectivity index (χ0) is 17.0. The molecule has 4 rings (SSSR count). The average molecular weight is 326 g/mol. The molecule has 3 aliphatic rings. The number of carboxylic acids is 1. The van der Waals surface area contributed by atoms with Gasteiger partial charge in [-0.1, -0.05) is 0 Å². The summed E-state index contributed by atoms with van der Waals surface area (Å²) in [5, 5.41) is 18.7. The number of nitriles is 1. The fraction of sp³-hybridized carbons (Fsp3) is 0.611. The molecule has 2 aliphatic heterocycles. The van der Waals surface area contributed by atoms with Crippen molar-refractivity contribution >= 4 is 17.5 Å². The van der Waals surface area contributed by atoms with Gasteiger partial charge in [0.05, 0.1) is 5.69 Å². The van der Waals surface area contributed by atoms with Crippen LogP contribution < -0.4 is 9.80 Å². The van der Waals surface area contributed by atoms with Gasteiger partial charge >= 0.3 is 5.97 Å². The van der Waals surface area contributed by atoms with E-state index in [-0.39, 0.29) is 6.42 Å². The van der Waals surface area contributed by atoms with Crippen LogP contribution in [0.15, 0.2) is 6.07 Å². The van der Waals surface area contributed by atoms with E-state index in [1.807, 2.05) is 13.0 Å². The lowest BCUT2D eigenvalue weighted by atomic mass is 10.0. The maximum absolute atomic E-state index is 10.9. The molecule has 126 valence electrons. The first kappa shape index (κ1) is 15.3. The predicted molar refractivity (Wildman–Crippen MR) is 90.0 cm³/mol. The lowest BCUT2D eigenvalue weighted by Gasteiger charge is -2.41. The number of nitrogens with zero attached hydrogens (tertiary/aromatic N) is 4. The largest absolute Gasteiger partial charge is 0.481 e. The summed E-state index contributed by atoms with van der Waals surface area (Å²) in [7, 11) is 0. The average Bonchev–Trinajstić information content (AvgIpc) is 2.95. The van der Waals surface area contributed by atoms with Crippen LogP contribution in [-0.4, -0.2) is 41.7 Å². The van der Waals surface area contributed by atoms with E-state index in [4.69, 9.17) is 5.11 Å². The Bertz CT molecular complexity index is 729.